The minimum Gasteiger partial charge on any atom is -0.267 e. The first kappa shape index (κ1) is 14.1. The van der Waals surface area contributed by atoms with Crippen LogP contribution in [0.2, 0.25) is 0 Å². The van der Waals surface area contributed by atoms with E-state index in [1.807, 2.05) is 48.6 Å². The summed E-state index contributed by atoms with van der Waals surface area (Å²) in [5.74, 6) is -0.245. The number of carbonyl (C=O) groups is 1. The Morgan fingerprint density at radius 2 is 1.86 bits per heavy atom. The molecule has 0 saturated carbocycles. The molecule has 0 unspecified atom stereocenters. The van der Waals surface area contributed by atoms with Crippen LogP contribution in [0.5, 0.6) is 0 Å². The molecule has 1 amide bonds. The zero-order valence-electron chi connectivity index (χ0n) is 12.1. The van der Waals surface area contributed by atoms with Crippen LogP contribution < -0.4 is 0 Å². The summed E-state index contributed by atoms with van der Waals surface area (Å²) in [6.07, 6.45) is 14.8. The Morgan fingerprint density at radius 3 is 2.77 bits per heavy atom. The minimum atomic E-state index is -0.245. The molecule has 1 aromatic heterocycles. The Morgan fingerprint density at radius 1 is 1.00 bits per heavy atom. The van der Waals surface area contributed by atoms with E-state index in [1.165, 1.54) is 0 Å². The molecule has 1 aliphatic heterocycles. The first-order valence-corrected chi connectivity index (χ1v) is 7.28. The average molecular weight is 288 g/mol. The van der Waals surface area contributed by atoms with Crippen molar-refractivity contribution in [2.24, 2.45) is 4.99 Å². The van der Waals surface area contributed by atoms with E-state index in [0.717, 1.165) is 29.5 Å². The summed E-state index contributed by atoms with van der Waals surface area (Å²) in [7, 11) is 0. The number of benzene rings is 1. The molecule has 22 heavy (non-hydrogen) atoms. The largest absolute Gasteiger partial charge is 0.278 e. The topological polar surface area (TPSA) is 42.3 Å². The number of rotatable bonds is 0. The highest BCUT2D eigenvalue weighted by atomic mass is 16.1. The summed E-state index contributed by atoms with van der Waals surface area (Å²) in [5, 5.41) is 0. The van der Waals surface area contributed by atoms with E-state index < -0.39 is 0 Å². The molecule has 2 heterocycles. The molecule has 2 aromatic rings. The van der Waals surface area contributed by atoms with Crippen LogP contribution in [0.1, 0.15) is 33.5 Å². The lowest BCUT2D eigenvalue weighted by molar-refractivity contribution is 0.100. The summed E-state index contributed by atoms with van der Waals surface area (Å²) in [4.78, 5) is 20.5. The first-order valence-electron chi connectivity index (χ1n) is 7.28. The third-order valence-corrected chi connectivity index (χ3v) is 3.56. The lowest BCUT2D eigenvalue weighted by Crippen LogP contribution is -2.03. The number of fused-ring (bicyclic) bond motifs is 2. The SMILES string of the molecule is O=C1N=Cc2ccccc2C=CC=CCCc2ccncc21. The van der Waals surface area contributed by atoms with Gasteiger partial charge in [0.1, 0.15) is 0 Å². The van der Waals surface area contributed by atoms with Crippen LogP contribution in [0.15, 0.2) is 65.9 Å². The molecule has 0 aliphatic carbocycles. The van der Waals surface area contributed by atoms with Gasteiger partial charge in [-0.1, -0.05) is 48.6 Å². The van der Waals surface area contributed by atoms with Crippen molar-refractivity contribution in [3.8, 4) is 0 Å². The van der Waals surface area contributed by atoms with Crippen molar-refractivity contribution in [3.05, 3.63) is 83.2 Å². The van der Waals surface area contributed by atoms with Gasteiger partial charge in [0.05, 0.1) is 5.56 Å². The Bertz CT molecular complexity index is 773. The molecule has 1 aliphatic rings. The van der Waals surface area contributed by atoms with Crippen LogP contribution in [0.4, 0.5) is 0 Å². The highest BCUT2D eigenvalue weighted by molar-refractivity contribution is 6.03. The summed E-state index contributed by atoms with van der Waals surface area (Å²) in [5.41, 5.74) is 3.52. The maximum atomic E-state index is 12.3. The standard InChI is InChI=1S/C19H16N2O/c22-19-18-14-20-12-11-16(18)9-4-2-1-3-7-15-8-5-6-10-17(15)13-21-19/h1-3,5-8,10-14H,4,9H2. The second-order valence-corrected chi connectivity index (χ2v) is 5.05. The van der Waals surface area contributed by atoms with Gasteiger partial charge < -0.3 is 0 Å². The molecule has 0 fully saturated rings. The third-order valence-electron chi connectivity index (χ3n) is 3.56. The van der Waals surface area contributed by atoms with E-state index in [9.17, 15) is 4.79 Å². The number of amides is 1. The smallest absolute Gasteiger partial charge is 0.267 e. The lowest BCUT2D eigenvalue weighted by Gasteiger charge is -2.04. The van der Waals surface area contributed by atoms with Gasteiger partial charge >= 0.3 is 0 Å². The molecule has 108 valence electrons. The summed E-state index contributed by atoms with van der Waals surface area (Å²) >= 11 is 0. The van der Waals surface area contributed by atoms with Crippen LogP contribution >= 0.6 is 0 Å². The second kappa shape index (κ2) is 6.76. The summed E-state index contributed by atoms with van der Waals surface area (Å²) < 4.78 is 0. The molecule has 0 bridgehead atoms. The van der Waals surface area contributed by atoms with E-state index in [1.54, 1.807) is 18.6 Å². The fourth-order valence-corrected chi connectivity index (χ4v) is 2.38. The van der Waals surface area contributed by atoms with Crippen LogP contribution in [0.25, 0.3) is 6.08 Å². The van der Waals surface area contributed by atoms with Crippen molar-refractivity contribution in [2.75, 3.05) is 0 Å². The van der Waals surface area contributed by atoms with Gasteiger partial charge in [0, 0.05) is 24.2 Å². The number of allylic oxidation sites excluding steroid dienone is 3. The monoisotopic (exact) mass is 288 g/mol. The Hall–Kier alpha value is -2.81. The molecule has 3 rings (SSSR count). The summed E-state index contributed by atoms with van der Waals surface area (Å²) in [6.45, 7) is 0. The molecule has 0 atom stereocenters. The van der Waals surface area contributed by atoms with Crippen molar-refractivity contribution in [3.63, 3.8) is 0 Å². The molecule has 1 aromatic carbocycles. The van der Waals surface area contributed by atoms with Crippen molar-refractivity contribution in [1.29, 1.82) is 0 Å². The minimum absolute atomic E-state index is 0.245. The predicted octanol–water partition coefficient (Wildman–Crippen LogP) is 3.86. The van der Waals surface area contributed by atoms with Crippen molar-refractivity contribution < 1.29 is 4.79 Å². The molecular formula is C19H16N2O. The fourth-order valence-electron chi connectivity index (χ4n) is 2.38. The van der Waals surface area contributed by atoms with Crippen LogP contribution in [-0.4, -0.2) is 17.1 Å². The lowest BCUT2D eigenvalue weighted by atomic mass is 10.0. The Balaban J connectivity index is 2.04. The van der Waals surface area contributed by atoms with E-state index in [4.69, 9.17) is 0 Å². The van der Waals surface area contributed by atoms with Gasteiger partial charge in [-0.15, -0.1) is 0 Å². The number of carbonyl (C=O) groups excluding carboxylic acids is 1. The van der Waals surface area contributed by atoms with Crippen molar-refractivity contribution >= 4 is 18.2 Å². The van der Waals surface area contributed by atoms with E-state index in [0.29, 0.717) is 5.56 Å². The van der Waals surface area contributed by atoms with Crippen LogP contribution in [0, 0.1) is 0 Å². The van der Waals surface area contributed by atoms with Gasteiger partial charge in [-0.05, 0) is 30.0 Å². The van der Waals surface area contributed by atoms with Crippen molar-refractivity contribution in [1.82, 2.24) is 4.98 Å². The van der Waals surface area contributed by atoms with Gasteiger partial charge in [-0.3, -0.25) is 9.78 Å². The third kappa shape index (κ3) is 3.26. The molecule has 0 radical (unpaired) electrons. The number of hydrogen-bond acceptors (Lipinski definition) is 2. The first-order chi connectivity index (χ1) is 10.8. The maximum absolute atomic E-state index is 12.3. The molecule has 0 N–H and O–H groups in total. The Labute approximate surface area is 129 Å². The zero-order chi connectivity index (χ0) is 15.2. The van der Waals surface area contributed by atoms with Gasteiger partial charge in [0.2, 0.25) is 0 Å². The molecular weight excluding hydrogens is 272 g/mol. The molecule has 0 saturated heterocycles. The van der Waals surface area contributed by atoms with Gasteiger partial charge in [-0.25, -0.2) is 4.99 Å². The van der Waals surface area contributed by atoms with Gasteiger partial charge in [0.15, 0.2) is 0 Å². The number of aliphatic imine (C=N–C) groups is 1. The molecule has 0 spiro atoms. The highest BCUT2D eigenvalue weighted by Gasteiger charge is 2.10. The number of aryl methyl sites for hydroxylation is 1. The highest BCUT2D eigenvalue weighted by Crippen LogP contribution is 2.14. The predicted molar refractivity (Wildman–Crippen MR) is 89.1 cm³/mol. The quantitative estimate of drug-likeness (QED) is 0.738. The number of pyridine rings is 1. The van der Waals surface area contributed by atoms with Crippen LogP contribution in [0.3, 0.4) is 0 Å². The summed E-state index contributed by atoms with van der Waals surface area (Å²) in [6, 6.07) is 9.75. The molecule has 3 heteroatoms. The number of nitrogens with zero attached hydrogens (tertiary/aromatic N) is 2. The van der Waals surface area contributed by atoms with E-state index in [2.05, 4.69) is 16.1 Å². The average Bonchev–Trinajstić information content (AvgIpc) is 2.57. The zero-order valence-corrected chi connectivity index (χ0v) is 12.1. The molecule has 3 nitrogen and oxygen atoms in total. The van der Waals surface area contributed by atoms with E-state index >= 15 is 0 Å². The second-order valence-electron chi connectivity index (χ2n) is 5.05. The normalized spacial score (nSPS) is 14.5. The number of hydrogen-bond donors (Lipinski definition) is 0. The number of aromatic nitrogens is 1. The van der Waals surface area contributed by atoms with E-state index in [-0.39, 0.29) is 5.91 Å². The van der Waals surface area contributed by atoms with Gasteiger partial charge in [0.25, 0.3) is 5.91 Å². The fraction of sp³-hybridized carbons (Fsp3) is 0.105. The van der Waals surface area contributed by atoms with Crippen LogP contribution in [-0.2, 0) is 6.42 Å². The van der Waals surface area contributed by atoms with Crippen molar-refractivity contribution in [2.45, 2.75) is 12.8 Å². The Kier molecular flexibility index (Phi) is 4.35. The maximum Gasteiger partial charge on any atom is 0.278 e. The van der Waals surface area contributed by atoms with Gasteiger partial charge in [-0.2, -0.15) is 0 Å².